The first kappa shape index (κ1) is 25.9. The van der Waals surface area contributed by atoms with Crippen molar-refractivity contribution in [1.29, 1.82) is 0 Å². The van der Waals surface area contributed by atoms with E-state index in [1.165, 1.54) is 70.6 Å². The zero-order valence-corrected chi connectivity index (χ0v) is 20.1. The fourth-order valence-electron chi connectivity index (χ4n) is 4.87. The summed E-state index contributed by atoms with van der Waals surface area (Å²) in [6, 6.07) is 0. The van der Waals surface area contributed by atoms with Crippen molar-refractivity contribution in [1.82, 2.24) is 5.06 Å². The Labute approximate surface area is 176 Å². The van der Waals surface area contributed by atoms with Gasteiger partial charge in [-0.05, 0) is 46.0 Å². The average Bonchev–Trinajstić information content (AvgIpc) is 2.60. The minimum atomic E-state index is -0.228. The van der Waals surface area contributed by atoms with Gasteiger partial charge in [-0.2, -0.15) is 5.06 Å². The lowest BCUT2D eigenvalue weighted by Gasteiger charge is -2.56. The molecule has 0 amide bonds. The monoisotopic (exact) mass is 397 g/mol. The Morgan fingerprint density at radius 1 is 0.821 bits per heavy atom. The first-order valence-electron chi connectivity index (χ1n) is 12.4. The number of piperidine rings is 1. The van der Waals surface area contributed by atoms with Crippen molar-refractivity contribution in [2.24, 2.45) is 5.92 Å². The summed E-state index contributed by atoms with van der Waals surface area (Å²) < 4.78 is 0. The second-order valence-corrected chi connectivity index (χ2v) is 10.4. The smallest absolute Gasteiger partial charge is 0.0685 e. The number of unbranched alkanes of at least 4 members (excludes halogenated alkanes) is 11. The third-order valence-corrected chi connectivity index (χ3v) is 6.86. The van der Waals surface area contributed by atoms with E-state index in [2.05, 4.69) is 46.6 Å². The van der Waals surface area contributed by atoms with Gasteiger partial charge in [0.1, 0.15) is 0 Å². The Bertz CT molecular complexity index is 396. The van der Waals surface area contributed by atoms with Crippen molar-refractivity contribution in [2.75, 3.05) is 6.61 Å². The second kappa shape index (κ2) is 13.2. The van der Waals surface area contributed by atoms with Gasteiger partial charge in [0, 0.05) is 11.1 Å². The maximum Gasteiger partial charge on any atom is 0.0685 e. The molecular weight excluding hydrogens is 346 g/mol. The highest BCUT2D eigenvalue weighted by Crippen LogP contribution is 2.42. The summed E-state index contributed by atoms with van der Waals surface area (Å²) in [7, 11) is 0. The molecule has 2 atom stereocenters. The van der Waals surface area contributed by atoms with Crippen molar-refractivity contribution in [3.8, 4) is 0 Å². The van der Waals surface area contributed by atoms with Crippen molar-refractivity contribution in [3.05, 3.63) is 0 Å². The lowest BCUT2D eigenvalue weighted by atomic mass is 9.74. The van der Waals surface area contributed by atoms with Gasteiger partial charge < -0.3 is 5.11 Å². The highest BCUT2D eigenvalue weighted by molar-refractivity contribution is 5.00. The zero-order chi connectivity index (χ0) is 21.0. The van der Waals surface area contributed by atoms with Crippen molar-refractivity contribution >= 4 is 0 Å². The Hall–Kier alpha value is -0.120. The summed E-state index contributed by atoms with van der Waals surface area (Å²) in [6.45, 7) is 14.2. The van der Waals surface area contributed by atoms with Gasteiger partial charge in [0.05, 0.1) is 12.7 Å². The van der Waals surface area contributed by atoms with Crippen LogP contribution in [0, 0.1) is 5.92 Å². The topological polar surface area (TPSA) is 32.7 Å². The quantitative estimate of drug-likeness (QED) is 0.295. The van der Waals surface area contributed by atoms with Crippen LogP contribution in [0.2, 0.25) is 0 Å². The number of hydrogen-bond acceptors (Lipinski definition) is 3. The molecule has 0 aliphatic carbocycles. The number of nitrogens with zero attached hydrogens (tertiary/aromatic N) is 1. The number of hydrogen-bond donors (Lipinski definition) is 1. The van der Waals surface area contributed by atoms with E-state index in [0.29, 0.717) is 5.92 Å². The molecule has 0 spiro atoms. The SMILES string of the molecule is CCCCCCCCCCCCCCON1C(C)(C)CC(O)CC1(C)C(C)C. The van der Waals surface area contributed by atoms with E-state index in [1.54, 1.807) is 0 Å². The fourth-order valence-corrected chi connectivity index (χ4v) is 4.87. The summed E-state index contributed by atoms with van der Waals surface area (Å²) in [5.74, 6) is 0.448. The van der Waals surface area contributed by atoms with Gasteiger partial charge in [-0.25, -0.2) is 0 Å². The molecule has 1 saturated heterocycles. The number of aliphatic hydroxyl groups excluding tert-OH is 1. The third kappa shape index (κ3) is 8.71. The molecule has 1 heterocycles. The first-order chi connectivity index (χ1) is 13.2. The molecule has 0 aromatic rings. The van der Waals surface area contributed by atoms with Crippen LogP contribution in [0.5, 0.6) is 0 Å². The van der Waals surface area contributed by atoms with Crippen molar-refractivity contribution in [2.45, 2.75) is 149 Å². The number of rotatable bonds is 15. The van der Waals surface area contributed by atoms with Crippen LogP contribution in [-0.4, -0.2) is 34.0 Å². The molecule has 1 fully saturated rings. The lowest BCUT2D eigenvalue weighted by molar-refractivity contribution is -0.306. The molecule has 1 rings (SSSR count). The number of aliphatic hydroxyl groups is 1. The molecule has 3 nitrogen and oxygen atoms in total. The van der Waals surface area contributed by atoms with Gasteiger partial charge in [0.15, 0.2) is 0 Å². The van der Waals surface area contributed by atoms with E-state index in [1.807, 2.05) is 0 Å². The van der Waals surface area contributed by atoms with Crippen LogP contribution in [0.4, 0.5) is 0 Å². The van der Waals surface area contributed by atoms with Crippen LogP contribution in [0.15, 0.2) is 0 Å². The molecule has 0 bridgehead atoms. The molecule has 0 aromatic heterocycles. The van der Waals surface area contributed by atoms with Crippen molar-refractivity contribution < 1.29 is 9.94 Å². The van der Waals surface area contributed by atoms with Gasteiger partial charge in [-0.15, -0.1) is 0 Å². The first-order valence-corrected chi connectivity index (χ1v) is 12.4. The summed E-state index contributed by atoms with van der Waals surface area (Å²) in [5.41, 5.74) is -0.216. The summed E-state index contributed by atoms with van der Waals surface area (Å²) in [5, 5.41) is 12.6. The largest absolute Gasteiger partial charge is 0.393 e. The van der Waals surface area contributed by atoms with Crippen LogP contribution in [-0.2, 0) is 4.84 Å². The van der Waals surface area contributed by atoms with Gasteiger partial charge in [-0.3, -0.25) is 4.84 Å². The van der Waals surface area contributed by atoms with E-state index in [-0.39, 0.29) is 17.2 Å². The highest BCUT2D eigenvalue weighted by atomic mass is 16.7. The molecule has 0 radical (unpaired) electrons. The highest BCUT2D eigenvalue weighted by Gasteiger charge is 2.50. The van der Waals surface area contributed by atoms with Crippen molar-refractivity contribution in [3.63, 3.8) is 0 Å². The van der Waals surface area contributed by atoms with Gasteiger partial charge in [-0.1, -0.05) is 91.4 Å². The van der Waals surface area contributed by atoms with E-state index in [4.69, 9.17) is 4.84 Å². The fraction of sp³-hybridized carbons (Fsp3) is 1.00. The molecule has 3 heteroatoms. The Balaban J connectivity index is 2.16. The van der Waals surface area contributed by atoms with Crippen LogP contribution in [0.1, 0.15) is 131 Å². The maximum absolute atomic E-state index is 10.3. The predicted octanol–water partition coefficient (Wildman–Crippen LogP) is 7.27. The molecule has 1 N–H and O–H groups in total. The molecular formula is C25H51NO2. The second-order valence-electron chi connectivity index (χ2n) is 10.4. The molecule has 1 aliphatic rings. The van der Waals surface area contributed by atoms with E-state index in [9.17, 15) is 5.11 Å². The number of hydroxylamine groups is 2. The Morgan fingerprint density at radius 2 is 1.29 bits per heavy atom. The van der Waals surface area contributed by atoms with E-state index in [0.717, 1.165) is 25.9 Å². The van der Waals surface area contributed by atoms with E-state index < -0.39 is 0 Å². The van der Waals surface area contributed by atoms with Gasteiger partial charge >= 0.3 is 0 Å². The summed E-state index contributed by atoms with van der Waals surface area (Å²) in [4.78, 5) is 6.34. The molecule has 0 saturated carbocycles. The molecule has 28 heavy (non-hydrogen) atoms. The third-order valence-electron chi connectivity index (χ3n) is 6.86. The van der Waals surface area contributed by atoms with Crippen LogP contribution in [0.3, 0.4) is 0 Å². The molecule has 168 valence electrons. The average molecular weight is 398 g/mol. The summed E-state index contributed by atoms with van der Waals surface area (Å²) in [6.07, 6.45) is 17.8. The van der Waals surface area contributed by atoms with Crippen LogP contribution < -0.4 is 0 Å². The Morgan fingerprint density at radius 3 is 1.75 bits per heavy atom. The molecule has 2 unspecified atom stereocenters. The minimum absolute atomic E-state index is 0.0989. The van der Waals surface area contributed by atoms with E-state index >= 15 is 0 Å². The molecule has 1 aliphatic heterocycles. The van der Waals surface area contributed by atoms with Gasteiger partial charge in [0.2, 0.25) is 0 Å². The minimum Gasteiger partial charge on any atom is -0.393 e. The summed E-state index contributed by atoms with van der Waals surface area (Å²) >= 11 is 0. The zero-order valence-electron chi connectivity index (χ0n) is 20.1. The standard InChI is InChI=1S/C25H51NO2/c1-7-8-9-10-11-12-13-14-15-16-17-18-19-28-26-24(4,5)20-23(27)21-25(26,6)22(2)3/h22-23,27H,7-21H2,1-6H3. The predicted molar refractivity (Wildman–Crippen MR) is 121 cm³/mol. The normalized spacial score (nSPS) is 25.5. The Kier molecular flexibility index (Phi) is 12.3. The van der Waals surface area contributed by atoms with Gasteiger partial charge in [0.25, 0.3) is 0 Å². The molecule has 0 aromatic carbocycles. The maximum atomic E-state index is 10.3. The van der Waals surface area contributed by atoms with Crippen LogP contribution in [0.25, 0.3) is 0 Å². The lowest BCUT2D eigenvalue weighted by Crippen LogP contribution is -2.64. The van der Waals surface area contributed by atoms with Crippen LogP contribution >= 0.6 is 0 Å².